The zero-order chi connectivity index (χ0) is 21.5. The van der Waals surface area contributed by atoms with E-state index in [-0.39, 0.29) is 11.5 Å². The van der Waals surface area contributed by atoms with Crippen LogP contribution in [0, 0.1) is 0 Å². The molecule has 0 bridgehead atoms. The van der Waals surface area contributed by atoms with Crippen molar-refractivity contribution in [1.82, 2.24) is 18.8 Å². The molecule has 1 saturated heterocycles. The Labute approximate surface area is 179 Å². The van der Waals surface area contributed by atoms with Crippen molar-refractivity contribution in [2.45, 2.75) is 63.3 Å². The van der Waals surface area contributed by atoms with Crippen molar-refractivity contribution in [2.24, 2.45) is 0 Å². The van der Waals surface area contributed by atoms with Crippen LogP contribution in [-0.2, 0) is 21.9 Å². The van der Waals surface area contributed by atoms with Crippen molar-refractivity contribution in [2.75, 3.05) is 13.1 Å². The summed E-state index contributed by atoms with van der Waals surface area (Å²) >= 11 is 0. The lowest BCUT2D eigenvalue weighted by atomic mass is 9.87. The SMILES string of the molecule is CCc1nc2cccnc2n1C1CCN(S(=O)(=O)c2ccc(C(C)(C)C)cc2)CC1. The van der Waals surface area contributed by atoms with Crippen LogP contribution in [0.3, 0.4) is 0 Å². The summed E-state index contributed by atoms with van der Waals surface area (Å²) in [5.41, 5.74) is 2.93. The molecule has 0 spiro atoms. The number of benzene rings is 1. The number of sulfonamides is 1. The molecule has 0 unspecified atom stereocenters. The topological polar surface area (TPSA) is 68.1 Å². The Balaban J connectivity index is 1.53. The highest BCUT2D eigenvalue weighted by Gasteiger charge is 2.31. The van der Waals surface area contributed by atoms with E-state index in [1.165, 1.54) is 0 Å². The van der Waals surface area contributed by atoms with Crippen LogP contribution < -0.4 is 0 Å². The summed E-state index contributed by atoms with van der Waals surface area (Å²) in [5, 5.41) is 0. The van der Waals surface area contributed by atoms with Gasteiger partial charge in [0.1, 0.15) is 11.3 Å². The molecule has 0 N–H and O–H groups in total. The highest BCUT2D eigenvalue weighted by Crippen LogP contribution is 2.31. The fourth-order valence-corrected chi connectivity index (χ4v) is 5.70. The largest absolute Gasteiger partial charge is 0.309 e. The van der Waals surface area contributed by atoms with Crippen LogP contribution in [0.5, 0.6) is 0 Å². The number of rotatable bonds is 4. The minimum absolute atomic E-state index is 0.000763. The highest BCUT2D eigenvalue weighted by molar-refractivity contribution is 7.89. The Kier molecular flexibility index (Phi) is 5.45. The standard InChI is InChI=1S/C23H30N4O2S/c1-5-21-25-20-7-6-14-24-22(20)27(21)18-12-15-26(16-13-18)30(28,29)19-10-8-17(9-11-19)23(2,3)4/h6-11,14,18H,5,12-13,15-16H2,1-4H3. The van der Waals surface area contributed by atoms with E-state index in [2.05, 4.69) is 37.2 Å². The lowest BCUT2D eigenvalue weighted by Crippen LogP contribution is -2.39. The van der Waals surface area contributed by atoms with Gasteiger partial charge in [-0.05, 0) is 48.1 Å². The van der Waals surface area contributed by atoms with E-state index in [0.29, 0.717) is 18.0 Å². The number of hydrogen-bond acceptors (Lipinski definition) is 4. The normalized spacial score (nSPS) is 16.9. The predicted octanol–water partition coefficient (Wildman–Crippen LogP) is 4.32. The van der Waals surface area contributed by atoms with Crippen LogP contribution in [0.2, 0.25) is 0 Å². The van der Waals surface area contributed by atoms with Crippen molar-refractivity contribution in [3.05, 3.63) is 54.0 Å². The van der Waals surface area contributed by atoms with Crippen LogP contribution in [0.4, 0.5) is 0 Å². The van der Waals surface area contributed by atoms with Crippen LogP contribution in [0.1, 0.15) is 58.0 Å². The first-order valence-electron chi connectivity index (χ1n) is 10.6. The van der Waals surface area contributed by atoms with Gasteiger partial charge in [-0.15, -0.1) is 0 Å². The number of imidazole rings is 1. The number of fused-ring (bicyclic) bond motifs is 1. The molecule has 1 aliphatic rings. The van der Waals surface area contributed by atoms with Gasteiger partial charge >= 0.3 is 0 Å². The van der Waals surface area contributed by atoms with E-state index in [4.69, 9.17) is 4.98 Å². The summed E-state index contributed by atoms with van der Waals surface area (Å²) in [6.07, 6.45) is 4.14. The van der Waals surface area contributed by atoms with Gasteiger partial charge in [0.25, 0.3) is 0 Å². The fraction of sp³-hybridized carbons (Fsp3) is 0.478. The lowest BCUT2D eigenvalue weighted by molar-refractivity contribution is 0.273. The van der Waals surface area contributed by atoms with E-state index in [1.54, 1.807) is 22.6 Å². The molecule has 160 valence electrons. The Morgan fingerprint density at radius 2 is 1.73 bits per heavy atom. The quantitative estimate of drug-likeness (QED) is 0.623. The van der Waals surface area contributed by atoms with Gasteiger partial charge < -0.3 is 4.57 Å². The van der Waals surface area contributed by atoms with E-state index >= 15 is 0 Å². The number of pyridine rings is 1. The van der Waals surface area contributed by atoms with Gasteiger partial charge in [0.05, 0.1) is 4.90 Å². The molecular weight excluding hydrogens is 396 g/mol. The average Bonchev–Trinajstić information content (AvgIpc) is 3.12. The van der Waals surface area contributed by atoms with Gasteiger partial charge in [-0.1, -0.05) is 39.8 Å². The third-order valence-electron chi connectivity index (χ3n) is 5.98. The molecule has 6 nitrogen and oxygen atoms in total. The molecular formula is C23H30N4O2S. The van der Waals surface area contributed by atoms with Crippen molar-refractivity contribution >= 4 is 21.2 Å². The summed E-state index contributed by atoms with van der Waals surface area (Å²) in [4.78, 5) is 9.63. The predicted molar refractivity (Wildman–Crippen MR) is 119 cm³/mol. The van der Waals surface area contributed by atoms with Crippen molar-refractivity contribution < 1.29 is 8.42 Å². The fourth-order valence-electron chi connectivity index (χ4n) is 4.23. The van der Waals surface area contributed by atoms with E-state index < -0.39 is 10.0 Å². The molecule has 1 aromatic carbocycles. The molecule has 0 radical (unpaired) electrons. The second-order valence-corrected chi connectivity index (χ2v) is 10.9. The Hall–Kier alpha value is -2.25. The molecule has 7 heteroatoms. The Morgan fingerprint density at radius 3 is 2.33 bits per heavy atom. The third kappa shape index (κ3) is 3.76. The Bertz CT molecular complexity index is 1140. The van der Waals surface area contributed by atoms with E-state index in [1.807, 2.05) is 24.3 Å². The highest BCUT2D eigenvalue weighted by atomic mass is 32.2. The van der Waals surface area contributed by atoms with Gasteiger partial charge in [-0.2, -0.15) is 4.31 Å². The molecule has 3 heterocycles. The van der Waals surface area contributed by atoms with Gasteiger partial charge in [0.15, 0.2) is 5.65 Å². The Morgan fingerprint density at radius 1 is 1.07 bits per heavy atom. The molecule has 0 aliphatic carbocycles. The lowest BCUT2D eigenvalue weighted by Gasteiger charge is -2.32. The first kappa shape index (κ1) is 21.0. The molecule has 1 fully saturated rings. The smallest absolute Gasteiger partial charge is 0.243 e. The summed E-state index contributed by atoms with van der Waals surface area (Å²) in [6.45, 7) is 9.48. The number of piperidine rings is 1. The second-order valence-electron chi connectivity index (χ2n) is 9.01. The van der Waals surface area contributed by atoms with Crippen LogP contribution >= 0.6 is 0 Å². The molecule has 3 aromatic rings. The van der Waals surface area contributed by atoms with Gasteiger partial charge in [0, 0.05) is 31.7 Å². The van der Waals surface area contributed by atoms with Gasteiger partial charge in [-0.3, -0.25) is 0 Å². The first-order chi connectivity index (χ1) is 14.2. The van der Waals surface area contributed by atoms with Crippen molar-refractivity contribution in [1.29, 1.82) is 0 Å². The third-order valence-corrected chi connectivity index (χ3v) is 7.90. The molecule has 30 heavy (non-hydrogen) atoms. The number of nitrogens with zero attached hydrogens (tertiary/aromatic N) is 4. The van der Waals surface area contributed by atoms with Gasteiger partial charge in [-0.25, -0.2) is 18.4 Å². The maximum absolute atomic E-state index is 13.2. The summed E-state index contributed by atoms with van der Waals surface area (Å²) in [6, 6.07) is 11.4. The first-order valence-corrected chi connectivity index (χ1v) is 12.1. The molecule has 4 rings (SSSR count). The monoisotopic (exact) mass is 426 g/mol. The number of hydrogen-bond donors (Lipinski definition) is 0. The molecule has 0 atom stereocenters. The van der Waals surface area contributed by atoms with E-state index in [9.17, 15) is 8.42 Å². The molecule has 1 aliphatic heterocycles. The molecule has 0 amide bonds. The van der Waals surface area contributed by atoms with Crippen molar-refractivity contribution in [3.8, 4) is 0 Å². The summed E-state index contributed by atoms with van der Waals surface area (Å²) < 4.78 is 30.2. The minimum atomic E-state index is -3.48. The summed E-state index contributed by atoms with van der Waals surface area (Å²) in [7, 11) is -3.48. The second kappa shape index (κ2) is 7.78. The van der Waals surface area contributed by atoms with Crippen molar-refractivity contribution in [3.63, 3.8) is 0 Å². The zero-order valence-electron chi connectivity index (χ0n) is 18.2. The molecule has 0 saturated carbocycles. The minimum Gasteiger partial charge on any atom is -0.309 e. The zero-order valence-corrected chi connectivity index (χ0v) is 19.0. The molecule has 2 aromatic heterocycles. The maximum Gasteiger partial charge on any atom is 0.243 e. The van der Waals surface area contributed by atoms with Crippen LogP contribution in [0.25, 0.3) is 11.2 Å². The maximum atomic E-state index is 13.2. The average molecular weight is 427 g/mol. The summed E-state index contributed by atoms with van der Waals surface area (Å²) in [5.74, 6) is 1.02. The van der Waals surface area contributed by atoms with Crippen LogP contribution in [0.15, 0.2) is 47.5 Å². The number of aromatic nitrogens is 3. The van der Waals surface area contributed by atoms with Gasteiger partial charge in [0.2, 0.25) is 10.0 Å². The number of aryl methyl sites for hydroxylation is 1. The van der Waals surface area contributed by atoms with E-state index in [0.717, 1.165) is 41.8 Å². The van der Waals surface area contributed by atoms with Crippen LogP contribution in [-0.4, -0.2) is 40.3 Å².